The van der Waals surface area contributed by atoms with E-state index >= 15 is 0 Å². The van der Waals surface area contributed by atoms with Crippen molar-refractivity contribution in [3.05, 3.63) is 52.6 Å². The highest BCUT2D eigenvalue weighted by Crippen LogP contribution is 2.24. The molecule has 6 heteroatoms. The zero-order chi connectivity index (χ0) is 17.8. The number of aromatic nitrogens is 3. The van der Waals surface area contributed by atoms with Crippen LogP contribution in [0.3, 0.4) is 0 Å². The highest BCUT2D eigenvalue weighted by atomic mass is 16.1. The zero-order valence-electron chi connectivity index (χ0n) is 14.8. The van der Waals surface area contributed by atoms with E-state index in [9.17, 15) is 4.79 Å². The second-order valence-corrected chi connectivity index (χ2v) is 6.35. The lowest BCUT2D eigenvalue weighted by atomic mass is 10.1. The molecule has 3 aromatic heterocycles. The highest BCUT2D eigenvalue weighted by molar-refractivity contribution is 5.93. The zero-order valence-corrected chi connectivity index (χ0v) is 14.8. The molecule has 0 atom stereocenters. The van der Waals surface area contributed by atoms with Gasteiger partial charge in [-0.15, -0.1) is 0 Å². The van der Waals surface area contributed by atoms with Crippen LogP contribution in [0.25, 0.3) is 10.8 Å². The van der Waals surface area contributed by atoms with Gasteiger partial charge in [0.1, 0.15) is 17.5 Å². The van der Waals surface area contributed by atoms with Crippen molar-refractivity contribution in [3.63, 3.8) is 0 Å². The molecule has 0 saturated heterocycles. The Balaban J connectivity index is 2.02. The van der Waals surface area contributed by atoms with Crippen LogP contribution in [0.1, 0.15) is 32.8 Å². The number of nitrogens with zero attached hydrogens (tertiary/aromatic N) is 2. The van der Waals surface area contributed by atoms with Crippen LogP contribution in [0.2, 0.25) is 0 Å². The van der Waals surface area contributed by atoms with Crippen molar-refractivity contribution in [2.75, 3.05) is 10.6 Å². The predicted octanol–water partition coefficient (Wildman–Crippen LogP) is 3.83. The van der Waals surface area contributed by atoms with Crippen LogP contribution < -0.4 is 16.2 Å². The van der Waals surface area contributed by atoms with Crippen LogP contribution in [-0.2, 0) is 6.42 Å². The molecule has 3 aromatic rings. The molecule has 0 radical (unpaired) electrons. The number of rotatable bonds is 6. The van der Waals surface area contributed by atoms with Crippen LogP contribution >= 0.6 is 0 Å². The predicted molar refractivity (Wildman–Crippen MR) is 103 cm³/mol. The van der Waals surface area contributed by atoms with E-state index in [1.165, 1.54) is 5.56 Å². The van der Waals surface area contributed by atoms with Gasteiger partial charge in [0.25, 0.3) is 5.56 Å². The van der Waals surface area contributed by atoms with Crippen LogP contribution in [0.4, 0.5) is 17.5 Å². The van der Waals surface area contributed by atoms with Crippen LogP contribution in [0.5, 0.6) is 0 Å². The molecule has 0 amide bonds. The number of H-pyrrole nitrogens is 1. The van der Waals surface area contributed by atoms with Gasteiger partial charge in [-0.25, -0.2) is 9.97 Å². The number of anilines is 3. The molecule has 0 aromatic carbocycles. The molecular weight excluding hydrogens is 314 g/mol. The van der Waals surface area contributed by atoms with E-state index in [1.54, 1.807) is 12.4 Å². The third-order valence-electron chi connectivity index (χ3n) is 3.80. The number of aromatic amines is 1. The molecular formula is C19H23N5O. The number of hydrogen-bond donors (Lipinski definition) is 3. The fourth-order valence-electron chi connectivity index (χ4n) is 2.77. The van der Waals surface area contributed by atoms with Crippen LogP contribution in [-0.4, -0.2) is 21.0 Å². The Bertz CT molecular complexity index is 932. The summed E-state index contributed by atoms with van der Waals surface area (Å²) < 4.78 is 0. The van der Waals surface area contributed by atoms with Crippen molar-refractivity contribution < 1.29 is 0 Å². The van der Waals surface area contributed by atoms with Gasteiger partial charge in [-0.05, 0) is 55.5 Å². The molecule has 3 heterocycles. The maximum absolute atomic E-state index is 12.2. The quantitative estimate of drug-likeness (QED) is 0.637. The normalized spacial score (nSPS) is 11.0. The number of aryl methyl sites for hydroxylation is 1. The smallest absolute Gasteiger partial charge is 0.259 e. The summed E-state index contributed by atoms with van der Waals surface area (Å²) in [6.45, 7) is 6.18. The average Bonchev–Trinajstić information content (AvgIpc) is 2.55. The fourth-order valence-corrected chi connectivity index (χ4v) is 2.77. The number of fused-ring (bicyclic) bond motifs is 1. The Kier molecular flexibility index (Phi) is 4.97. The minimum atomic E-state index is -0.150. The maximum atomic E-state index is 12.2. The SMILES string of the molecule is CCCc1ccnc(Nc2cc3cc[nH]c(=O)c3c(NC(C)C)n2)c1. The van der Waals surface area contributed by atoms with E-state index in [1.807, 2.05) is 38.1 Å². The largest absolute Gasteiger partial charge is 0.367 e. The van der Waals surface area contributed by atoms with Crippen molar-refractivity contribution in [2.24, 2.45) is 0 Å². The first kappa shape index (κ1) is 17.0. The summed E-state index contributed by atoms with van der Waals surface area (Å²) in [5.41, 5.74) is 1.08. The monoisotopic (exact) mass is 337 g/mol. The summed E-state index contributed by atoms with van der Waals surface area (Å²) in [7, 11) is 0. The topological polar surface area (TPSA) is 82.7 Å². The highest BCUT2D eigenvalue weighted by Gasteiger charge is 2.11. The Morgan fingerprint density at radius 2 is 2.04 bits per heavy atom. The first-order valence-corrected chi connectivity index (χ1v) is 8.57. The summed E-state index contributed by atoms with van der Waals surface area (Å²) in [4.78, 5) is 23.9. The van der Waals surface area contributed by atoms with E-state index < -0.39 is 0 Å². The Morgan fingerprint density at radius 3 is 2.80 bits per heavy atom. The Hall–Kier alpha value is -2.89. The van der Waals surface area contributed by atoms with E-state index in [0.717, 1.165) is 24.0 Å². The summed E-state index contributed by atoms with van der Waals surface area (Å²) in [5, 5.41) is 7.90. The third-order valence-corrected chi connectivity index (χ3v) is 3.80. The van der Waals surface area contributed by atoms with E-state index in [-0.39, 0.29) is 11.6 Å². The second kappa shape index (κ2) is 7.34. The van der Waals surface area contributed by atoms with E-state index in [2.05, 4.69) is 32.5 Å². The van der Waals surface area contributed by atoms with Gasteiger partial charge in [-0.2, -0.15) is 0 Å². The standard InChI is InChI=1S/C19H23N5O/c1-4-5-13-6-8-20-15(10-13)23-16-11-14-7-9-21-19(25)17(14)18(24-16)22-12(2)3/h6-12H,4-5H2,1-3H3,(H,21,25)(H2,20,22,23,24). The summed E-state index contributed by atoms with van der Waals surface area (Å²) >= 11 is 0. The number of hydrogen-bond acceptors (Lipinski definition) is 5. The molecule has 25 heavy (non-hydrogen) atoms. The van der Waals surface area contributed by atoms with Gasteiger partial charge in [-0.1, -0.05) is 13.3 Å². The molecule has 0 spiro atoms. The Labute approximate surface area is 146 Å². The minimum absolute atomic E-state index is 0.150. The van der Waals surface area contributed by atoms with Crippen LogP contribution in [0, 0.1) is 0 Å². The second-order valence-electron chi connectivity index (χ2n) is 6.35. The molecule has 0 aliphatic heterocycles. The van der Waals surface area contributed by atoms with Gasteiger partial charge in [0.05, 0.1) is 5.39 Å². The van der Waals surface area contributed by atoms with Gasteiger partial charge in [-0.3, -0.25) is 4.79 Å². The lowest BCUT2D eigenvalue weighted by Gasteiger charge is -2.14. The molecule has 0 aliphatic rings. The van der Waals surface area contributed by atoms with Gasteiger partial charge in [0, 0.05) is 18.4 Å². The molecule has 3 N–H and O–H groups in total. The van der Waals surface area contributed by atoms with E-state index in [4.69, 9.17) is 0 Å². The lowest BCUT2D eigenvalue weighted by Crippen LogP contribution is -2.16. The molecule has 130 valence electrons. The summed E-state index contributed by atoms with van der Waals surface area (Å²) in [5.74, 6) is 1.97. The van der Waals surface area contributed by atoms with Crippen molar-refractivity contribution in [3.8, 4) is 0 Å². The Morgan fingerprint density at radius 1 is 1.20 bits per heavy atom. The molecule has 0 saturated carbocycles. The lowest BCUT2D eigenvalue weighted by molar-refractivity contribution is 0.892. The van der Waals surface area contributed by atoms with E-state index in [0.29, 0.717) is 17.0 Å². The van der Waals surface area contributed by atoms with Crippen molar-refractivity contribution in [1.29, 1.82) is 0 Å². The molecule has 3 rings (SSSR count). The number of nitrogens with one attached hydrogen (secondary N) is 3. The molecule has 0 fully saturated rings. The van der Waals surface area contributed by atoms with Crippen molar-refractivity contribution >= 4 is 28.2 Å². The van der Waals surface area contributed by atoms with Gasteiger partial charge in [0.2, 0.25) is 0 Å². The summed E-state index contributed by atoms with van der Waals surface area (Å²) in [6.07, 6.45) is 5.54. The minimum Gasteiger partial charge on any atom is -0.367 e. The average molecular weight is 337 g/mol. The maximum Gasteiger partial charge on any atom is 0.259 e. The van der Waals surface area contributed by atoms with Crippen molar-refractivity contribution in [2.45, 2.75) is 39.7 Å². The van der Waals surface area contributed by atoms with Gasteiger partial charge >= 0.3 is 0 Å². The van der Waals surface area contributed by atoms with Crippen molar-refractivity contribution in [1.82, 2.24) is 15.0 Å². The molecule has 0 unspecified atom stereocenters. The third kappa shape index (κ3) is 3.96. The fraction of sp³-hybridized carbons (Fsp3) is 0.316. The first-order chi connectivity index (χ1) is 12.1. The molecule has 6 nitrogen and oxygen atoms in total. The summed E-state index contributed by atoms with van der Waals surface area (Å²) in [6, 6.07) is 7.95. The molecule has 0 bridgehead atoms. The van der Waals surface area contributed by atoms with Gasteiger partial charge in [0.15, 0.2) is 0 Å². The molecule has 0 aliphatic carbocycles. The first-order valence-electron chi connectivity index (χ1n) is 8.57. The number of pyridine rings is 3. The van der Waals surface area contributed by atoms with Crippen LogP contribution in [0.15, 0.2) is 41.5 Å². The van der Waals surface area contributed by atoms with Gasteiger partial charge < -0.3 is 15.6 Å².